The van der Waals surface area contributed by atoms with Gasteiger partial charge in [-0.15, -0.1) is 11.3 Å². The van der Waals surface area contributed by atoms with Crippen molar-refractivity contribution in [3.63, 3.8) is 0 Å². The number of fused-ring (bicyclic) bond motifs is 3. The fraction of sp³-hybridized carbons (Fsp3) is 0.409. The lowest BCUT2D eigenvalue weighted by Crippen LogP contribution is -2.27. The Morgan fingerprint density at radius 1 is 1.29 bits per heavy atom. The van der Waals surface area contributed by atoms with E-state index in [4.69, 9.17) is 9.72 Å². The Bertz CT molecular complexity index is 1210. The number of carbonyl (C=O) groups is 1. The maximum atomic E-state index is 13.6. The zero-order valence-corrected chi connectivity index (χ0v) is 18.9. The molecule has 0 spiro atoms. The van der Waals surface area contributed by atoms with E-state index in [1.165, 1.54) is 10.9 Å². The number of hydrogen-bond acceptors (Lipinski definition) is 6. The number of Topliss-reactive ketones (excluding diaryl/α,β-unsaturated/α-hetero) is 1. The van der Waals surface area contributed by atoms with E-state index in [9.17, 15) is 18.4 Å². The van der Waals surface area contributed by atoms with Gasteiger partial charge in [0.2, 0.25) is 0 Å². The molecular weight excluding hydrogens is 442 g/mol. The van der Waals surface area contributed by atoms with Gasteiger partial charge in [0.15, 0.2) is 22.6 Å². The maximum Gasteiger partial charge on any atom is 0.263 e. The smallest absolute Gasteiger partial charge is 0.263 e. The standard InChI is InChI=1S/C22H22F2N2O3S2/c1-12(19(27)13-7-8-15(23)16(24)11-13)30-22-25-20-18(21(28)26(22)9-10-29-2)14-5-3-4-6-17(14)31-20/h7-8,11-12H,3-6,9-10H2,1-2H3. The van der Waals surface area contributed by atoms with E-state index in [1.54, 1.807) is 29.9 Å². The van der Waals surface area contributed by atoms with Crippen LogP contribution in [0.25, 0.3) is 10.2 Å². The number of ketones is 1. The molecule has 1 unspecified atom stereocenters. The van der Waals surface area contributed by atoms with Gasteiger partial charge in [0.1, 0.15) is 4.83 Å². The number of thioether (sulfide) groups is 1. The Balaban J connectivity index is 1.72. The highest BCUT2D eigenvalue weighted by Crippen LogP contribution is 2.35. The molecule has 2 aromatic heterocycles. The molecule has 0 fully saturated rings. The molecule has 1 aliphatic rings. The lowest BCUT2D eigenvalue weighted by Gasteiger charge is -2.16. The second-order valence-electron chi connectivity index (χ2n) is 7.49. The molecule has 0 aliphatic heterocycles. The fourth-order valence-corrected chi connectivity index (χ4v) is 6.10. The van der Waals surface area contributed by atoms with E-state index in [0.717, 1.165) is 55.1 Å². The molecule has 0 saturated heterocycles. The number of rotatable bonds is 7. The molecule has 5 nitrogen and oxygen atoms in total. The second-order valence-corrected chi connectivity index (χ2v) is 9.88. The van der Waals surface area contributed by atoms with Crippen LogP contribution in [-0.2, 0) is 24.1 Å². The average molecular weight is 465 g/mol. The molecule has 164 valence electrons. The summed E-state index contributed by atoms with van der Waals surface area (Å²) in [5.41, 5.74) is 1.08. The van der Waals surface area contributed by atoms with E-state index in [-0.39, 0.29) is 16.9 Å². The summed E-state index contributed by atoms with van der Waals surface area (Å²) in [5, 5.41) is 0.467. The molecule has 1 atom stereocenters. The molecule has 3 aromatic rings. The molecular formula is C22H22F2N2O3S2. The van der Waals surface area contributed by atoms with Crippen LogP contribution in [0.1, 0.15) is 40.6 Å². The predicted octanol–water partition coefficient (Wildman–Crippen LogP) is 4.62. The number of ether oxygens (including phenoxy) is 1. The topological polar surface area (TPSA) is 61.2 Å². The van der Waals surface area contributed by atoms with Gasteiger partial charge in [-0.25, -0.2) is 13.8 Å². The Hall–Kier alpha value is -2.10. The summed E-state index contributed by atoms with van der Waals surface area (Å²) in [4.78, 5) is 32.8. The number of benzene rings is 1. The van der Waals surface area contributed by atoms with Gasteiger partial charge in [-0.3, -0.25) is 14.2 Å². The summed E-state index contributed by atoms with van der Waals surface area (Å²) < 4.78 is 33.5. The van der Waals surface area contributed by atoms with Crippen molar-refractivity contribution in [1.82, 2.24) is 9.55 Å². The van der Waals surface area contributed by atoms with Crippen molar-refractivity contribution in [2.24, 2.45) is 0 Å². The fourth-order valence-electron chi connectivity index (χ4n) is 3.79. The van der Waals surface area contributed by atoms with Crippen molar-refractivity contribution < 1.29 is 18.3 Å². The van der Waals surface area contributed by atoms with Crippen LogP contribution in [0, 0.1) is 11.6 Å². The second kappa shape index (κ2) is 9.18. The molecule has 4 rings (SSSR count). The van der Waals surface area contributed by atoms with Gasteiger partial charge in [-0.1, -0.05) is 11.8 Å². The van der Waals surface area contributed by atoms with E-state index in [1.807, 2.05) is 0 Å². The normalized spacial score (nSPS) is 14.6. The molecule has 9 heteroatoms. The Morgan fingerprint density at radius 3 is 2.81 bits per heavy atom. The molecule has 0 saturated carbocycles. The predicted molar refractivity (Wildman–Crippen MR) is 118 cm³/mol. The summed E-state index contributed by atoms with van der Waals surface area (Å²) in [6, 6.07) is 3.10. The lowest BCUT2D eigenvalue weighted by molar-refractivity contribution is 0.0993. The van der Waals surface area contributed by atoms with Crippen LogP contribution in [0.4, 0.5) is 8.78 Å². The van der Waals surface area contributed by atoms with E-state index in [0.29, 0.717) is 28.5 Å². The van der Waals surface area contributed by atoms with Gasteiger partial charge >= 0.3 is 0 Å². The summed E-state index contributed by atoms with van der Waals surface area (Å²) in [6.07, 6.45) is 4.01. The molecule has 31 heavy (non-hydrogen) atoms. The van der Waals surface area contributed by atoms with E-state index < -0.39 is 16.9 Å². The van der Waals surface area contributed by atoms with Gasteiger partial charge in [-0.2, -0.15) is 0 Å². The third-order valence-electron chi connectivity index (χ3n) is 5.41. The largest absolute Gasteiger partial charge is 0.383 e. The van der Waals surface area contributed by atoms with Crippen molar-refractivity contribution in [2.45, 2.75) is 49.6 Å². The summed E-state index contributed by atoms with van der Waals surface area (Å²) in [5.74, 6) is -2.43. The van der Waals surface area contributed by atoms with Crippen molar-refractivity contribution in [3.05, 3.63) is 56.2 Å². The molecule has 1 aliphatic carbocycles. The quantitative estimate of drug-likeness (QED) is 0.290. The average Bonchev–Trinajstić information content (AvgIpc) is 3.13. The minimum Gasteiger partial charge on any atom is -0.383 e. The van der Waals surface area contributed by atoms with Crippen molar-refractivity contribution in [2.75, 3.05) is 13.7 Å². The minimum absolute atomic E-state index is 0.0809. The van der Waals surface area contributed by atoms with Crippen LogP contribution in [0.5, 0.6) is 0 Å². The third-order valence-corrected chi connectivity index (χ3v) is 7.69. The molecule has 0 N–H and O–H groups in total. The number of aryl methyl sites for hydroxylation is 2. The Morgan fingerprint density at radius 2 is 2.06 bits per heavy atom. The highest BCUT2D eigenvalue weighted by Gasteiger charge is 2.25. The number of hydrogen-bond donors (Lipinski definition) is 0. The van der Waals surface area contributed by atoms with E-state index in [2.05, 4.69) is 0 Å². The number of thiophene rings is 1. The van der Waals surface area contributed by atoms with Crippen LogP contribution >= 0.6 is 23.1 Å². The maximum absolute atomic E-state index is 13.6. The Kier molecular flexibility index (Phi) is 6.55. The van der Waals surface area contributed by atoms with Crippen LogP contribution < -0.4 is 5.56 Å². The minimum atomic E-state index is -1.07. The third kappa shape index (κ3) is 4.31. The van der Waals surface area contributed by atoms with Crippen LogP contribution in [0.2, 0.25) is 0 Å². The summed E-state index contributed by atoms with van der Waals surface area (Å²) in [7, 11) is 1.56. The highest BCUT2D eigenvalue weighted by atomic mass is 32.2. The van der Waals surface area contributed by atoms with Crippen LogP contribution in [-0.4, -0.2) is 34.3 Å². The zero-order valence-electron chi connectivity index (χ0n) is 17.2. The summed E-state index contributed by atoms with van der Waals surface area (Å²) >= 11 is 2.70. The van der Waals surface area contributed by atoms with Crippen LogP contribution in [0.15, 0.2) is 28.2 Å². The van der Waals surface area contributed by atoms with Gasteiger partial charge in [-0.05, 0) is 56.4 Å². The highest BCUT2D eigenvalue weighted by molar-refractivity contribution is 8.00. The van der Waals surface area contributed by atoms with Gasteiger partial charge in [0.05, 0.1) is 23.8 Å². The SMILES string of the molecule is COCCn1c(SC(C)C(=O)c2ccc(F)c(F)c2)nc2sc3c(c2c1=O)CCCC3. The van der Waals surface area contributed by atoms with E-state index >= 15 is 0 Å². The Labute approximate surface area is 186 Å². The molecule has 0 radical (unpaired) electrons. The van der Waals surface area contributed by atoms with Gasteiger partial charge in [0.25, 0.3) is 5.56 Å². The first-order valence-electron chi connectivity index (χ1n) is 10.1. The van der Waals surface area contributed by atoms with Crippen LogP contribution in [0.3, 0.4) is 0 Å². The molecule has 0 amide bonds. The number of halogens is 2. The number of nitrogens with zero attached hydrogens (tertiary/aromatic N) is 2. The zero-order chi connectivity index (χ0) is 22.1. The number of aromatic nitrogens is 2. The van der Waals surface area contributed by atoms with Crippen molar-refractivity contribution in [1.29, 1.82) is 0 Å². The lowest BCUT2D eigenvalue weighted by atomic mass is 9.97. The monoisotopic (exact) mass is 464 g/mol. The molecule has 0 bridgehead atoms. The van der Waals surface area contributed by atoms with Crippen molar-refractivity contribution >= 4 is 39.1 Å². The molecule has 1 aromatic carbocycles. The molecule has 2 heterocycles. The number of carbonyl (C=O) groups excluding carboxylic acids is 1. The first kappa shape index (κ1) is 22.1. The van der Waals surface area contributed by atoms with Gasteiger partial charge < -0.3 is 4.74 Å². The van der Waals surface area contributed by atoms with Crippen molar-refractivity contribution in [3.8, 4) is 0 Å². The number of methoxy groups -OCH3 is 1. The first-order chi connectivity index (χ1) is 14.9. The van der Waals surface area contributed by atoms with Gasteiger partial charge in [0, 0.05) is 17.6 Å². The summed E-state index contributed by atoms with van der Waals surface area (Å²) in [6.45, 7) is 2.32. The first-order valence-corrected chi connectivity index (χ1v) is 11.8.